The van der Waals surface area contributed by atoms with Crippen LogP contribution in [-0.4, -0.2) is 14.5 Å². The number of hydrogen-bond acceptors (Lipinski definition) is 4. The number of aryl methyl sites for hydroxylation is 2. The summed E-state index contributed by atoms with van der Waals surface area (Å²) in [4.78, 5) is 20.7. The van der Waals surface area contributed by atoms with Crippen LogP contribution in [0.25, 0.3) is 5.69 Å². The van der Waals surface area contributed by atoms with E-state index in [1.807, 2.05) is 0 Å². The minimum atomic E-state index is -2.56. The van der Waals surface area contributed by atoms with Crippen LogP contribution in [0.2, 0.25) is 10.0 Å². The van der Waals surface area contributed by atoms with E-state index in [4.69, 9.17) is 30.7 Å². The van der Waals surface area contributed by atoms with Gasteiger partial charge in [0.2, 0.25) is 0 Å². The van der Waals surface area contributed by atoms with Crippen LogP contribution >= 0.6 is 39.1 Å². The molecule has 3 heterocycles. The molecule has 3 aromatic rings. The third kappa shape index (κ3) is 4.15. The molecule has 0 aliphatic carbocycles. The fourth-order valence-electron chi connectivity index (χ4n) is 2.38. The zero-order valence-corrected chi connectivity index (χ0v) is 17.2. The fraction of sp³-hybridized carbons (Fsp3) is 0.167. The van der Waals surface area contributed by atoms with Crippen molar-refractivity contribution < 1.29 is 11.9 Å². The van der Waals surface area contributed by atoms with E-state index >= 15 is 0 Å². The number of hydrogen-bond donors (Lipinski definition) is 0. The Morgan fingerprint density at radius 1 is 1.26 bits per heavy atom. The van der Waals surface area contributed by atoms with Gasteiger partial charge < -0.3 is 4.74 Å². The summed E-state index contributed by atoms with van der Waals surface area (Å²) < 4.78 is 36.7. The maximum atomic E-state index is 13.2. The Morgan fingerprint density at radius 2 is 2.00 bits per heavy atom. The van der Waals surface area contributed by atoms with Crippen LogP contribution in [0.3, 0.4) is 0 Å². The smallest absolute Gasteiger partial charge is 0.277 e. The molecule has 0 unspecified atom stereocenters. The van der Waals surface area contributed by atoms with Gasteiger partial charge in [-0.3, -0.25) is 14.3 Å². The van der Waals surface area contributed by atoms with E-state index in [0.717, 1.165) is 17.8 Å². The number of nitrogens with zero attached hydrogens (tertiary/aromatic N) is 3. The Bertz CT molecular complexity index is 1170. The highest BCUT2D eigenvalue weighted by Gasteiger charge is 2.16. The summed E-state index contributed by atoms with van der Waals surface area (Å²) in [7, 11) is 0. The van der Waals surface area contributed by atoms with Gasteiger partial charge in [-0.25, -0.2) is 9.37 Å². The van der Waals surface area contributed by atoms with Crippen LogP contribution in [0.5, 0.6) is 5.75 Å². The summed E-state index contributed by atoms with van der Waals surface area (Å²) in [5.41, 5.74) is 0.809. The van der Waals surface area contributed by atoms with E-state index in [1.165, 1.54) is 10.6 Å². The van der Waals surface area contributed by atoms with Gasteiger partial charge in [0.05, 0.1) is 25.3 Å². The second kappa shape index (κ2) is 7.96. The molecule has 0 atom stereocenters. The van der Waals surface area contributed by atoms with Gasteiger partial charge in [0.1, 0.15) is 27.8 Å². The third-order valence-corrected chi connectivity index (χ3v) is 4.72. The van der Waals surface area contributed by atoms with Crippen LogP contribution < -0.4 is 10.3 Å². The lowest BCUT2D eigenvalue weighted by Gasteiger charge is -2.16. The van der Waals surface area contributed by atoms with Gasteiger partial charge in [-0.2, -0.15) is 0 Å². The van der Waals surface area contributed by atoms with Crippen molar-refractivity contribution in [1.82, 2.24) is 14.5 Å². The van der Waals surface area contributed by atoms with E-state index in [2.05, 4.69) is 25.9 Å². The molecule has 0 saturated heterocycles. The zero-order chi connectivity index (χ0) is 21.5. The monoisotopic (exact) mass is 473 g/mol. The lowest BCUT2D eigenvalue weighted by atomic mass is 10.2. The van der Waals surface area contributed by atoms with E-state index < -0.39 is 17.9 Å². The number of aromatic nitrogens is 3. The van der Waals surface area contributed by atoms with Crippen molar-refractivity contribution in [2.24, 2.45) is 0 Å². The van der Waals surface area contributed by atoms with Crippen molar-refractivity contribution >= 4 is 39.1 Å². The molecule has 0 N–H and O–H groups in total. The second-order valence-corrected chi connectivity index (χ2v) is 7.18. The van der Waals surface area contributed by atoms with E-state index in [9.17, 15) is 9.18 Å². The maximum absolute atomic E-state index is 13.2. The van der Waals surface area contributed by atoms with Gasteiger partial charge in [-0.15, -0.1) is 0 Å². The Morgan fingerprint density at radius 3 is 2.70 bits per heavy atom. The molecule has 0 saturated carbocycles. The minimum absolute atomic E-state index is 0.191. The topological polar surface area (TPSA) is 57.0 Å². The van der Waals surface area contributed by atoms with Gasteiger partial charge in [-0.1, -0.05) is 23.2 Å². The lowest BCUT2D eigenvalue weighted by Crippen LogP contribution is -2.22. The molecule has 140 valence electrons. The minimum Gasteiger partial charge on any atom is -0.485 e. The van der Waals surface area contributed by atoms with Crippen LogP contribution in [0.1, 0.15) is 19.7 Å². The molecular formula is C18H13BrCl2FN3O2. The summed E-state index contributed by atoms with van der Waals surface area (Å²) in [6.45, 7) is 0.881. The van der Waals surface area contributed by atoms with Crippen molar-refractivity contribution in [2.75, 3.05) is 0 Å². The number of ether oxygens (including phenoxy) is 1. The molecule has 0 aliphatic rings. The second-order valence-electron chi connectivity index (χ2n) is 5.59. The molecule has 0 bridgehead atoms. The molecular weight excluding hydrogens is 460 g/mol. The molecule has 3 aromatic heterocycles. The zero-order valence-electron chi connectivity index (χ0n) is 16.1. The van der Waals surface area contributed by atoms with Crippen molar-refractivity contribution in [2.45, 2.75) is 20.4 Å². The summed E-state index contributed by atoms with van der Waals surface area (Å²) in [6.07, 6.45) is 2.42. The molecule has 27 heavy (non-hydrogen) atoms. The van der Waals surface area contributed by atoms with Crippen molar-refractivity contribution in [3.05, 3.63) is 78.4 Å². The maximum Gasteiger partial charge on any atom is 0.277 e. The molecule has 9 heteroatoms. The Labute approximate surface area is 175 Å². The van der Waals surface area contributed by atoms with Crippen molar-refractivity contribution in [3.63, 3.8) is 0 Å². The molecule has 3 rings (SSSR count). The third-order valence-electron chi connectivity index (χ3n) is 3.65. The summed E-state index contributed by atoms with van der Waals surface area (Å²) in [5.74, 6) is -0.909. The average Bonchev–Trinajstić information content (AvgIpc) is 2.62. The molecule has 0 aliphatic heterocycles. The number of rotatable bonds is 4. The van der Waals surface area contributed by atoms with Crippen molar-refractivity contribution in [1.29, 1.82) is 0 Å². The molecule has 0 amide bonds. The van der Waals surface area contributed by atoms with Crippen LogP contribution in [0, 0.1) is 19.7 Å². The summed E-state index contributed by atoms with van der Waals surface area (Å²) >= 11 is 15.4. The number of pyridine rings is 3. The van der Waals surface area contributed by atoms with Crippen LogP contribution in [0.15, 0.2) is 40.0 Å². The largest absolute Gasteiger partial charge is 0.485 e. The van der Waals surface area contributed by atoms with Crippen LogP contribution in [0.4, 0.5) is 4.39 Å². The SMILES string of the molecule is [2H]C([2H])(Oc1cc(C)n(-c2cc(Br)ncc2C)c(=O)c1Cl)c1ncc(F)cc1Cl. The van der Waals surface area contributed by atoms with Gasteiger partial charge in [0.25, 0.3) is 5.56 Å². The Hall–Kier alpha value is -1.96. The van der Waals surface area contributed by atoms with Crippen LogP contribution in [-0.2, 0) is 6.56 Å². The predicted molar refractivity (Wildman–Crippen MR) is 106 cm³/mol. The van der Waals surface area contributed by atoms with E-state index in [-0.39, 0.29) is 21.5 Å². The van der Waals surface area contributed by atoms with Crippen molar-refractivity contribution in [3.8, 4) is 11.4 Å². The molecule has 0 radical (unpaired) electrons. The Balaban J connectivity index is 2.09. The van der Waals surface area contributed by atoms with Gasteiger partial charge in [0, 0.05) is 18.0 Å². The first-order chi connectivity index (χ1) is 13.5. The quantitative estimate of drug-likeness (QED) is 0.497. The lowest BCUT2D eigenvalue weighted by molar-refractivity contribution is 0.300. The molecule has 0 aromatic carbocycles. The Kier molecular flexibility index (Phi) is 5.06. The summed E-state index contributed by atoms with van der Waals surface area (Å²) in [5, 5.41) is -0.585. The highest BCUT2D eigenvalue weighted by Crippen LogP contribution is 2.26. The number of halogens is 4. The molecule has 5 nitrogen and oxygen atoms in total. The highest BCUT2D eigenvalue weighted by atomic mass is 79.9. The van der Waals surface area contributed by atoms with Gasteiger partial charge >= 0.3 is 0 Å². The fourth-order valence-corrected chi connectivity index (χ4v) is 3.07. The first-order valence-corrected chi connectivity index (χ1v) is 9.11. The standard InChI is InChI=1S/C18H13BrCl2FN3O2/c1-9-6-24-16(19)5-14(9)25-10(2)3-15(17(21)18(25)26)27-8-13-12(20)4-11(22)7-23-13/h3-7H,8H2,1-2H3/i8D2. The summed E-state index contributed by atoms with van der Waals surface area (Å²) in [6, 6.07) is 4.01. The first kappa shape index (κ1) is 17.2. The van der Waals surface area contributed by atoms with Gasteiger partial charge in [0.15, 0.2) is 0 Å². The predicted octanol–water partition coefficient (Wildman–Crippen LogP) is 5.03. The highest BCUT2D eigenvalue weighted by molar-refractivity contribution is 9.10. The molecule has 0 fully saturated rings. The first-order valence-electron chi connectivity index (χ1n) is 8.56. The molecule has 0 spiro atoms. The van der Waals surface area contributed by atoms with Gasteiger partial charge in [-0.05, 0) is 47.5 Å². The van der Waals surface area contributed by atoms with E-state index in [1.54, 1.807) is 26.1 Å². The van der Waals surface area contributed by atoms with E-state index in [0.29, 0.717) is 16.0 Å². The average molecular weight is 475 g/mol. The normalized spacial score (nSPS) is 12.5.